The van der Waals surface area contributed by atoms with Crippen molar-refractivity contribution in [1.82, 2.24) is 0 Å². The second-order valence-electron chi connectivity index (χ2n) is 5.54. The lowest BCUT2D eigenvalue weighted by Gasteiger charge is -2.38. The molecule has 0 radical (unpaired) electrons. The van der Waals surface area contributed by atoms with Crippen molar-refractivity contribution in [1.29, 1.82) is 0 Å². The first kappa shape index (κ1) is 18.7. The van der Waals surface area contributed by atoms with E-state index in [1.165, 1.54) is 0 Å². The summed E-state index contributed by atoms with van der Waals surface area (Å²) < 4.78 is 29.5. The standard InChI is InChI=1S/C13H26O5Si3/c1-14-19(4,5)17-21(16-3,18-20(6,7)15-2)13-11-9-8-10-12-13/h8-12H,1-7H3. The van der Waals surface area contributed by atoms with Gasteiger partial charge in [-0.3, -0.25) is 0 Å². The molecule has 0 bridgehead atoms. The number of rotatable bonds is 8. The number of hydrogen-bond donors (Lipinski definition) is 0. The van der Waals surface area contributed by atoms with Crippen LogP contribution in [0.2, 0.25) is 26.2 Å². The Kier molecular flexibility index (Phi) is 6.50. The van der Waals surface area contributed by atoms with Crippen LogP contribution in [0.1, 0.15) is 0 Å². The van der Waals surface area contributed by atoms with Crippen molar-refractivity contribution in [2.75, 3.05) is 21.3 Å². The van der Waals surface area contributed by atoms with Gasteiger partial charge in [-0.2, -0.15) is 0 Å². The normalized spacial score (nSPS) is 13.5. The van der Waals surface area contributed by atoms with Crippen LogP contribution in [0.3, 0.4) is 0 Å². The molecule has 0 aliphatic heterocycles. The first-order chi connectivity index (χ1) is 9.70. The molecule has 0 aliphatic rings. The molecule has 0 aromatic heterocycles. The van der Waals surface area contributed by atoms with E-state index in [1.54, 1.807) is 21.3 Å². The van der Waals surface area contributed by atoms with Crippen molar-refractivity contribution in [3.05, 3.63) is 30.3 Å². The lowest BCUT2D eigenvalue weighted by atomic mass is 10.4. The summed E-state index contributed by atoms with van der Waals surface area (Å²) in [6, 6.07) is 9.79. The summed E-state index contributed by atoms with van der Waals surface area (Å²) in [5, 5.41) is 0.919. The third-order valence-electron chi connectivity index (χ3n) is 3.14. The minimum Gasteiger partial charge on any atom is -0.398 e. The predicted molar refractivity (Wildman–Crippen MR) is 90.0 cm³/mol. The van der Waals surface area contributed by atoms with Crippen LogP contribution in [0, 0.1) is 0 Å². The molecule has 0 atom stereocenters. The average Bonchev–Trinajstić information content (AvgIpc) is 2.47. The molecule has 8 heteroatoms. The Morgan fingerprint density at radius 1 is 0.667 bits per heavy atom. The highest BCUT2D eigenvalue weighted by molar-refractivity contribution is 6.89. The highest BCUT2D eigenvalue weighted by Gasteiger charge is 2.52. The van der Waals surface area contributed by atoms with E-state index in [2.05, 4.69) is 0 Å². The van der Waals surface area contributed by atoms with Gasteiger partial charge in [0, 0.05) is 26.5 Å². The van der Waals surface area contributed by atoms with E-state index in [0.29, 0.717) is 0 Å². The smallest absolute Gasteiger partial charge is 0.398 e. The van der Waals surface area contributed by atoms with Gasteiger partial charge in [0.2, 0.25) is 0 Å². The maximum Gasteiger partial charge on any atom is 0.519 e. The minimum absolute atomic E-state index is 0.919. The Hall–Kier alpha value is -0.329. The molecule has 120 valence electrons. The molecule has 5 nitrogen and oxygen atoms in total. The topological polar surface area (TPSA) is 46.2 Å². The molecular weight excluding hydrogens is 320 g/mol. The third kappa shape index (κ3) is 5.11. The Labute approximate surface area is 131 Å². The van der Waals surface area contributed by atoms with Crippen molar-refractivity contribution in [3.63, 3.8) is 0 Å². The van der Waals surface area contributed by atoms with E-state index in [1.807, 2.05) is 56.5 Å². The molecule has 0 fully saturated rings. The van der Waals surface area contributed by atoms with Crippen LogP contribution in [0.4, 0.5) is 0 Å². The minimum atomic E-state index is -3.08. The van der Waals surface area contributed by atoms with Gasteiger partial charge in [0.1, 0.15) is 0 Å². The molecule has 1 aromatic rings. The fourth-order valence-corrected chi connectivity index (χ4v) is 10.5. The van der Waals surface area contributed by atoms with Crippen LogP contribution in [-0.2, 0) is 21.5 Å². The van der Waals surface area contributed by atoms with Crippen molar-refractivity contribution < 1.29 is 21.5 Å². The molecular formula is C13H26O5Si3. The molecule has 0 unspecified atom stereocenters. The SMILES string of the molecule is CO[Si](C)(C)O[Si](OC)(O[Si](C)(C)OC)c1ccccc1. The molecule has 0 saturated heterocycles. The molecule has 21 heavy (non-hydrogen) atoms. The quantitative estimate of drug-likeness (QED) is 0.675. The molecule has 0 aliphatic carbocycles. The summed E-state index contributed by atoms with van der Waals surface area (Å²) >= 11 is 0. The van der Waals surface area contributed by atoms with E-state index >= 15 is 0 Å². The van der Waals surface area contributed by atoms with Crippen LogP contribution in [0.15, 0.2) is 30.3 Å². The highest BCUT2D eigenvalue weighted by Crippen LogP contribution is 2.22. The Balaban J connectivity index is 3.25. The fourth-order valence-electron chi connectivity index (χ4n) is 1.71. The van der Waals surface area contributed by atoms with Crippen LogP contribution < -0.4 is 5.19 Å². The van der Waals surface area contributed by atoms with Gasteiger partial charge >= 0.3 is 25.9 Å². The van der Waals surface area contributed by atoms with Gasteiger partial charge in [-0.25, -0.2) is 0 Å². The molecule has 1 rings (SSSR count). The maximum absolute atomic E-state index is 6.31. The van der Waals surface area contributed by atoms with Crippen LogP contribution in [-0.4, -0.2) is 47.3 Å². The zero-order valence-electron chi connectivity index (χ0n) is 13.9. The van der Waals surface area contributed by atoms with Crippen molar-refractivity contribution in [2.24, 2.45) is 0 Å². The van der Waals surface area contributed by atoms with E-state index in [4.69, 9.17) is 21.5 Å². The van der Waals surface area contributed by atoms with Gasteiger partial charge in [-0.1, -0.05) is 30.3 Å². The first-order valence-corrected chi connectivity index (χ1v) is 14.2. The van der Waals surface area contributed by atoms with Gasteiger partial charge in [-0.05, 0) is 26.2 Å². The van der Waals surface area contributed by atoms with E-state index in [-0.39, 0.29) is 0 Å². The Morgan fingerprint density at radius 2 is 1.10 bits per heavy atom. The van der Waals surface area contributed by atoms with E-state index in [0.717, 1.165) is 5.19 Å². The number of benzene rings is 1. The maximum atomic E-state index is 6.31. The Morgan fingerprint density at radius 3 is 1.43 bits per heavy atom. The van der Waals surface area contributed by atoms with Crippen LogP contribution >= 0.6 is 0 Å². The fraction of sp³-hybridized carbons (Fsp3) is 0.538. The van der Waals surface area contributed by atoms with Gasteiger partial charge in [0.15, 0.2) is 0 Å². The van der Waals surface area contributed by atoms with Gasteiger partial charge in [0.05, 0.1) is 0 Å². The highest BCUT2D eigenvalue weighted by atomic mass is 28.5. The second-order valence-corrected chi connectivity index (χ2v) is 15.7. The summed E-state index contributed by atoms with van der Waals surface area (Å²) in [4.78, 5) is 0. The lowest BCUT2D eigenvalue weighted by molar-refractivity contribution is 0.165. The summed E-state index contributed by atoms with van der Waals surface area (Å²) in [5.41, 5.74) is 0. The van der Waals surface area contributed by atoms with E-state index < -0.39 is 25.9 Å². The molecule has 1 aromatic carbocycles. The predicted octanol–water partition coefficient (Wildman–Crippen LogP) is 2.21. The zero-order valence-corrected chi connectivity index (χ0v) is 16.9. The largest absolute Gasteiger partial charge is 0.519 e. The van der Waals surface area contributed by atoms with Crippen molar-refractivity contribution in [3.8, 4) is 0 Å². The lowest BCUT2D eigenvalue weighted by Crippen LogP contribution is -2.65. The third-order valence-corrected chi connectivity index (χ3v) is 12.8. The molecule has 0 amide bonds. The zero-order chi connectivity index (χ0) is 16.1. The van der Waals surface area contributed by atoms with E-state index in [9.17, 15) is 0 Å². The first-order valence-electron chi connectivity index (χ1n) is 6.81. The second kappa shape index (κ2) is 7.29. The summed E-state index contributed by atoms with van der Waals surface area (Å²) in [7, 11) is -2.85. The summed E-state index contributed by atoms with van der Waals surface area (Å²) in [5.74, 6) is 0. The molecule has 0 heterocycles. The van der Waals surface area contributed by atoms with Gasteiger partial charge in [0.25, 0.3) is 0 Å². The average molecular weight is 347 g/mol. The van der Waals surface area contributed by atoms with Crippen LogP contribution in [0.25, 0.3) is 0 Å². The monoisotopic (exact) mass is 346 g/mol. The molecule has 0 N–H and O–H groups in total. The van der Waals surface area contributed by atoms with Crippen LogP contribution in [0.5, 0.6) is 0 Å². The van der Waals surface area contributed by atoms with Crippen molar-refractivity contribution in [2.45, 2.75) is 26.2 Å². The number of hydrogen-bond acceptors (Lipinski definition) is 5. The summed E-state index contributed by atoms with van der Waals surface area (Å²) in [6.45, 7) is 7.89. The Bertz CT molecular complexity index is 421. The molecule has 0 saturated carbocycles. The van der Waals surface area contributed by atoms with Crippen molar-refractivity contribution >= 4 is 31.1 Å². The summed E-state index contributed by atoms with van der Waals surface area (Å²) in [6.07, 6.45) is 0. The molecule has 0 spiro atoms. The van der Waals surface area contributed by atoms with Gasteiger partial charge in [-0.15, -0.1) is 0 Å². The van der Waals surface area contributed by atoms with Gasteiger partial charge < -0.3 is 21.5 Å².